The number of aryl methyl sites for hydroxylation is 1. The van der Waals surface area contributed by atoms with Gasteiger partial charge in [-0.25, -0.2) is 4.79 Å². The van der Waals surface area contributed by atoms with E-state index in [1.807, 2.05) is 46.0 Å². The van der Waals surface area contributed by atoms with E-state index in [-0.39, 0.29) is 5.41 Å². The van der Waals surface area contributed by atoms with Crippen LogP contribution in [0.1, 0.15) is 84.1 Å². The van der Waals surface area contributed by atoms with E-state index in [0.717, 1.165) is 55.2 Å². The van der Waals surface area contributed by atoms with Crippen molar-refractivity contribution in [2.45, 2.75) is 85.4 Å². The van der Waals surface area contributed by atoms with Gasteiger partial charge in [0, 0.05) is 36.1 Å². The fourth-order valence-electron chi connectivity index (χ4n) is 4.87. The van der Waals surface area contributed by atoms with Gasteiger partial charge in [0.15, 0.2) is 6.10 Å². The normalized spacial score (nSPS) is 19.0. The Morgan fingerprint density at radius 1 is 1.17 bits per heavy atom. The maximum absolute atomic E-state index is 12.5. The third-order valence-corrected chi connectivity index (χ3v) is 7.40. The molecular weight excluding hydrogens is 454 g/mol. The van der Waals surface area contributed by atoms with Crippen molar-refractivity contribution in [2.75, 3.05) is 24.6 Å². The molecular formula is C29H41N3O4. The summed E-state index contributed by atoms with van der Waals surface area (Å²) in [5.41, 5.74) is 3.33. The summed E-state index contributed by atoms with van der Waals surface area (Å²) in [6.45, 7) is 14.5. The molecule has 2 aromatic heterocycles. The number of aromatic nitrogens is 2. The number of ether oxygens (including phenoxy) is 2. The second-order valence-electron chi connectivity index (χ2n) is 12.1. The number of piperidine rings is 1. The molecule has 4 rings (SSSR count). The largest absolute Gasteiger partial charge is 0.492 e. The van der Waals surface area contributed by atoms with Gasteiger partial charge >= 0.3 is 5.97 Å². The molecule has 0 aromatic carbocycles. The number of hydrogen-bond acceptors (Lipinski definition) is 6. The molecule has 0 bridgehead atoms. The minimum absolute atomic E-state index is 0.255. The Morgan fingerprint density at radius 3 is 2.39 bits per heavy atom. The molecule has 1 saturated carbocycles. The molecule has 36 heavy (non-hydrogen) atoms. The third-order valence-electron chi connectivity index (χ3n) is 7.40. The number of carboxylic acids is 1. The Labute approximate surface area is 215 Å². The van der Waals surface area contributed by atoms with Crippen LogP contribution in [0.4, 0.5) is 5.69 Å². The van der Waals surface area contributed by atoms with Crippen LogP contribution in [-0.2, 0) is 9.53 Å². The summed E-state index contributed by atoms with van der Waals surface area (Å²) in [6, 6.07) is 3.90. The highest BCUT2D eigenvalue weighted by Crippen LogP contribution is 2.43. The van der Waals surface area contributed by atoms with Crippen molar-refractivity contribution in [3.05, 3.63) is 35.8 Å². The lowest BCUT2D eigenvalue weighted by atomic mass is 9.82. The number of anilines is 1. The summed E-state index contributed by atoms with van der Waals surface area (Å²) in [4.78, 5) is 24.2. The molecule has 2 fully saturated rings. The molecule has 3 heterocycles. The van der Waals surface area contributed by atoms with Gasteiger partial charge in [0.2, 0.25) is 0 Å². The van der Waals surface area contributed by atoms with Crippen LogP contribution in [0.3, 0.4) is 0 Å². The number of rotatable bonds is 8. The molecule has 196 valence electrons. The van der Waals surface area contributed by atoms with Crippen LogP contribution in [0.2, 0.25) is 0 Å². The molecule has 1 aliphatic heterocycles. The molecule has 0 radical (unpaired) electrons. The van der Waals surface area contributed by atoms with Crippen molar-refractivity contribution >= 4 is 11.7 Å². The molecule has 2 aliphatic rings. The van der Waals surface area contributed by atoms with Crippen LogP contribution in [-0.4, -0.2) is 46.3 Å². The number of nitrogens with zero attached hydrogens (tertiary/aromatic N) is 3. The van der Waals surface area contributed by atoms with Crippen molar-refractivity contribution in [1.29, 1.82) is 0 Å². The lowest BCUT2D eigenvalue weighted by Crippen LogP contribution is -2.39. The lowest BCUT2D eigenvalue weighted by Gasteiger charge is -2.40. The van der Waals surface area contributed by atoms with E-state index in [1.165, 1.54) is 19.3 Å². The second-order valence-corrected chi connectivity index (χ2v) is 12.1. The Hall–Kier alpha value is -2.67. The third kappa shape index (κ3) is 6.17. The van der Waals surface area contributed by atoms with Crippen LogP contribution < -0.4 is 9.64 Å². The zero-order valence-electron chi connectivity index (χ0n) is 22.6. The first-order chi connectivity index (χ1) is 16.9. The quantitative estimate of drug-likeness (QED) is 0.467. The van der Waals surface area contributed by atoms with Crippen LogP contribution in [0.25, 0.3) is 11.3 Å². The summed E-state index contributed by atoms with van der Waals surface area (Å²) in [7, 11) is 0. The maximum atomic E-state index is 12.5. The summed E-state index contributed by atoms with van der Waals surface area (Å²) < 4.78 is 12.1. The number of pyridine rings is 2. The number of carboxylic acid groups (broad SMARTS) is 1. The fraction of sp³-hybridized carbons (Fsp3) is 0.621. The topological polar surface area (TPSA) is 84.8 Å². The number of hydrogen-bond donors (Lipinski definition) is 1. The maximum Gasteiger partial charge on any atom is 0.337 e. The highest BCUT2D eigenvalue weighted by atomic mass is 16.5. The van der Waals surface area contributed by atoms with Gasteiger partial charge in [-0.05, 0) is 76.8 Å². The Morgan fingerprint density at radius 2 is 1.86 bits per heavy atom. The Balaban J connectivity index is 1.75. The van der Waals surface area contributed by atoms with E-state index >= 15 is 0 Å². The van der Waals surface area contributed by atoms with Gasteiger partial charge in [-0.1, -0.05) is 20.3 Å². The first-order valence-electron chi connectivity index (χ1n) is 13.2. The van der Waals surface area contributed by atoms with Gasteiger partial charge in [-0.3, -0.25) is 9.97 Å². The van der Waals surface area contributed by atoms with Gasteiger partial charge in [-0.15, -0.1) is 0 Å². The average Bonchev–Trinajstić information content (AvgIpc) is 2.76. The highest BCUT2D eigenvalue weighted by Gasteiger charge is 2.36. The van der Waals surface area contributed by atoms with E-state index in [0.29, 0.717) is 17.2 Å². The number of aliphatic carboxylic acids is 1. The van der Waals surface area contributed by atoms with E-state index in [1.54, 1.807) is 6.20 Å². The lowest BCUT2D eigenvalue weighted by molar-refractivity contribution is -0.160. The summed E-state index contributed by atoms with van der Waals surface area (Å²) in [5, 5.41) is 10.2. The first-order valence-corrected chi connectivity index (χ1v) is 13.2. The molecule has 2 aromatic rings. The molecule has 7 nitrogen and oxygen atoms in total. The van der Waals surface area contributed by atoms with Crippen molar-refractivity contribution in [2.24, 2.45) is 11.3 Å². The average molecular weight is 496 g/mol. The molecule has 1 aliphatic carbocycles. The predicted molar refractivity (Wildman–Crippen MR) is 141 cm³/mol. The molecule has 1 N–H and O–H groups in total. The van der Waals surface area contributed by atoms with Gasteiger partial charge < -0.3 is 19.5 Å². The molecule has 1 atom stereocenters. The second kappa shape index (κ2) is 10.4. The van der Waals surface area contributed by atoms with Crippen LogP contribution in [0, 0.1) is 18.3 Å². The van der Waals surface area contributed by atoms with Gasteiger partial charge in [0.25, 0.3) is 0 Å². The number of carbonyl (C=O) groups is 1. The summed E-state index contributed by atoms with van der Waals surface area (Å²) in [6.07, 6.45) is 8.26. The van der Waals surface area contributed by atoms with E-state index < -0.39 is 17.7 Å². The zero-order valence-corrected chi connectivity index (χ0v) is 22.6. The van der Waals surface area contributed by atoms with Gasteiger partial charge in [0.1, 0.15) is 5.75 Å². The van der Waals surface area contributed by atoms with Gasteiger partial charge in [0.05, 0.1) is 29.8 Å². The highest BCUT2D eigenvalue weighted by molar-refractivity contribution is 5.85. The van der Waals surface area contributed by atoms with Gasteiger partial charge in [-0.2, -0.15) is 0 Å². The monoisotopic (exact) mass is 495 g/mol. The molecule has 0 spiro atoms. The standard InChI is InChI=1S/C29H41N3O4/c1-19-24(26(27(33)34)36-28(2,3)4)25(32-14-12-29(5,6)13-15-32)22(17-30-19)23-11-10-21(16-31-23)35-18-20-8-7-9-20/h10-11,16-17,20,26H,7-9,12-15,18H2,1-6H3,(H,33,34)/t26-/m0/s1. The van der Waals surface area contributed by atoms with Crippen molar-refractivity contribution in [3.63, 3.8) is 0 Å². The van der Waals surface area contributed by atoms with Crippen molar-refractivity contribution in [1.82, 2.24) is 9.97 Å². The summed E-state index contributed by atoms with van der Waals surface area (Å²) in [5.74, 6) is 0.393. The minimum Gasteiger partial charge on any atom is -0.492 e. The van der Waals surface area contributed by atoms with Crippen LogP contribution in [0.15, 0.2) is 24.5 Å². The van der Waals surface area contributed by atoms with Crippen molar-refractivity contribution in [3.8, 4) is 17.0 Å². The van der Waals surface area contributed by atoms with Crippen LogP contribution >= 0.6 is 0 Å². The Kier molecular flexibility index (Phi) is 7.60. The molecule has 0 unspecified atom stereocenters. The van der Waals surface area contributed by atoms with Crippen molar-refractivity contribution < 1.29 is 19.4 Å². The first kappa shape index (κ1) is 26.4. The Bertz CT molecular complexity index is 1060. The predicted octanol–water partition coefficient (Wildman–Crippen LogP) is 6.20. The minimum atomic E-state index is -1.13. The van der Waals surface area contributed by atoms with E-state index in [4.69, 9.17) is 14.5 Å². The van der Waals surface area contributed by atoms with E-state index in [2.05, 4.69) is 23.7 Å². The zero-order chi connectivity index (χ0) is 26.1. The van der Waals surface area contributed by atoms with Crippen LogP contribution in [0.5, 0.6) is 5.75 Å². The smallest absolute Gasteiger partial charge is 0.337 e. The molecule has 1 saturated heterocycles. The fourth-order valence-corrected chi connectivity index (χ4v) is 4.87. The molecule has 7 heteroatoms. The van der Waals surface area contributed by atoms with E-state index in [9.17, 15) is 9.90 Å². The molecule has 0 amide bonds. The SMILES string of the molecule is Cc1ncc(-c2ccc(OCC3CCC3)cn2)c(N2CCC(C)(C)CC2)c1[C@H](OC(C)(C)C)C(=O)O. The summed E-state index contributed by atoms with van der Waals surface area (Å²) >= 11 is 0.